The summed E-state index contributed by atoms with van der Waals surface area (Å²) >= 11 is 3.95. The number of hydrogen-bond acceptors (Lipinski definition) is 5. The molecule has 1 fully saturated rings. The SMILES string of the molecule is CC1SCC(C(N)CCCS(C)(=O)=O)SC1C. The Morgan fingerprint density at radius 2 is 2.00 bits per heavy atom. The zero-order valence-electron chi connectivity index (χ0n) is 10.8. The molecule has 3 nitrogen and oxygen atoms in total. The summed E-state index contributed by atoms with van der Waals surface area (Å²) < 4.78 is 22.1. The molecule has 0 aliphatic carbocycles. The zero-order chi connectivity index (χ0) is 13.1. The highest BCUT2D eigenvalue weighted by atomic mass is 32.2. The molecule has 102 valence electrons. The summed E-state index contributed by atoms with van der Waals surface area (Å²) in [7, 11) is -2.84. The summed E-state index contributed by atoms with van der Waals surface area (Å²) in [6.07, 6.45) is 2.78. The Labute approximate surface area is 114 Å². The summed E-state index contributed by atoms with van der Waals surface area (Å²) in [6, 6.07) is 0.129. The smallest absolute Gasteiger partial charge is 0.147 e. The number of nitrogens with two attached hydrogens (primary N) is 1. The van der Waals surface area contributed by atoms with Crippen molar-refractivity contribution in [2.75, 3.05) is 17.8 Å². The van der Waals surface area contributed by atoms with Crippen LogP contribution in [-0.2, 0) is 9.84 Å². The molecule has 1 saturated heterocycles. The molecule has 6 heteroatoms. The highest BCUT2D eigenvalue weighted by molar-refractivity contribution is 8.07. The molecule has 0 aromatic rings. The van der Waals surface area contributed by atoms with Gasteiger partial charge in [0, 0.05) is 39.6 Å². The van der Waals surface area contributed by atoms with Crippen LogP contribution in [0.25, 0.3) is 0 Å². The van der Waals surface area contributed by atoms with Gasteiger partial charge in [0.05, 0.1) is 0 Å². The Morgan fingerprint density at radius 1 is 1.35 bits per heavy atom. The van der Waals surface area contributed by atoms with Crippen LogP contribution in [0.2, 0.25) is 0 Å². The molecule has 1 aliphatic rings. The first kappa shape index (κ1) is 15.7. The van der Waals surface area contributed by atoms with Crippen molar-refractivity contribution in [3.8, 4) is 0 Å². The quantitative estimate of drug-likeness (QED) is 0.838. The minimum absolute atomic E-state index is 0.129. The van der Waals surface area contributed by atoms with Gasteiger partial charge >= 0.3 is 0 Å². The highest BCUT2D eigenvalue weighted by Crippen LogP contribution is 2.37. The molecule has 1 aliphatic heterocycles. The molecule has 4 atom stereocenters. The van der Waals surface area contributed by atoms with E-state index in [2.05, 4.69) is 13.8 Å². The summed E-state index contributed by atoms with van der Waals surface area (Å²) in [6.45, 7) is 4.51. The summed E-state index contributed by atoms with van der Waals surface area (Å²) in [4.78, 5) is 0. The Hall–Kier alpha value is 0.610. The maximum atomic E-state index is 11.0. The van der Waals surface area contributed by atoms with E-state index >= 15 is 0 Å². The summed E-state index contributed by atoms with van der Waals surface area (Å²) in [5.74, 6) is 1.35. The molecule has 0 amide bonds. The Balaban J connectivity index is 2.31. The van der Waals surface area contributed by atoms with Crippen molar-refractivity contribution in [3.63, 3.8) is 0 Å². The van der Waals surface area contributed by atoms with Crippen molar-refractivity contribution in [2.45, 2.75) is 48.5 Å². The van der Waals surface area contributed by atoms with E-state index in [4.69, 9.17) is 5.73 Å². The van der Waals surface area contributed by atoms with Gasteiger partial charge in [0.15, 0.2) is 0 Å². The second kappa shape index (κ2) is 6.68. The van der Waals surface area contributed by atoms with Crippen molar-refractivity contribution in [2.24, 2.45) is 5.73 Å². The van der Waals surface area contributed by atoms with Crippen molar-refractivity contribution in [1.29, 1.82) is 0 Å². The number of rotatable bonds is 5. The van der Waals surface area contributed by atoms with Gasteiger partial charge in [-0.1, -0.05) is 13.8 Å². The molecule has 2 N–H and O–H groups in total. The number of sulfone groups is 1. The van der Waals surface area contributed by atoms with Gasteiger partial charge in [0.1, 0.15) is 9.84 Å². The van der Waals surface area contributed by atoms with Crippen LogP contribution in [0.15, 0.2) is 0 Å². The van der Waals surface area contributed by atoms with Crippen LogP contribution in [0, 0.1) is 0 Å². The van der Waals surface area contributed by atoms with E-state index < -0.39 is 9.84 Å². The van der Waals surface area contributed by atoms with Crippen LogP contribution >= 0.6 is 23.5 Å². The molecule has 0 aromatic carbocycles. The van der Waals surface area contributed by atoms with E-state index in [0.29, 0.717) is 22.2 Å². The molecule has 4 unspecified atom stereocenters. The average molecular weight is 298 g/mol. The predicted octanol–water partition coefficient (Wildman–Crippen LogP) is 1.76. The van der Waals surface area contributed by atoms with Gasteiger partial charge in [-0.2, -0.15) is 23.5 Å². The summed E-state index contributed by atoms with van der Waals surface area (Å²) in [5, 5.41) is 1.81. The number of thioether (sulfide) groups is 2. The molecule has 0 radical (unpaired) electrons. The molecular formula is C11H23NO2S3. The van der Waals surface area contributed by atoms with Crippen LogP contribution in [0.3, 0.4) is 0 Å². The standard InChI is InChI=1S/C11H23NO2S3/c1-8-9(2)16-11(7-15-8)10(12)5-4-6-17(3,13)14/h8-11H,4-7,12H2,1-3H3. The molecule has 1 rings (SSSR count). The Kier molecular flexibility index (Phi) is 6.16. The van der Waals surface area contributed by atoms with Crippen LogP contribution in [-0.4, -0.2) is 48.0 Å². The lowest BCUT2D eigenvalue weighted by Gasteiger charge is -2.34. The third-order valence-corrected chi connectivity index (χ3v) is 7.71. The Morgan fingerprint density at radius 3 is 2.53 bits per heavy atom. The third kappa shape index (κ3) is 5.85. The molecule has 0 spiro atoms. The normalized spacial score (nSPS) is 32.4. The second-order valence-corrected chi connectivity index (χ2v) is 10.1. The van der Waals surface area contributed by atoms with Crippen molar-refractivity contribution in [1.82, 2.24) is 0 Å². The van der Waals surface area contributed by atoms with Gasteiger partial charge in [-0.3, -0.25) is 0 Å². The third-order valence-electron chi connectivity index (χ3n) is 3.10. The van der Waals surface area contributed by atoms with Gasteiger partial charge in [-0.25, -0.2) is 8.42 Å². The molecule has 1 heterocycles. The minimum atomic E-state index is -2.84. The van der Waals surface area contributed by atoms with Crippen molar-refractivity contribution in [3.05, 3.63) is 0 Å². The van der Waals surface area contributed by atoms with Crippen molar-refractivity contribution >= 4 is 33.4 Å². The van der Waals surface area contributed by atoms with Gasteiger partial charge < -0.3 is 5.73 Å². The predicted molar refractivity (Wildman–Crippen MR) is 79.7 cm³/mol. The van der Waals surface area contributed by atoms with E-state index in [1.807, 2.05) is 23.5 Å². The van der Waals surface area contributed by atoms with E-state index in [0.717, 1.165) is 12.2 Å². The van der Waals surface area contributed by atoms with Gasteiger partial charge in [0.2, 0.25) is 0 Å². The van der Waals surface area contributed by atoms with Crippen LogP contribution < -0.4 is 5.73 Å². The van der Waals surface area contributed by atoms with Gasteiger partial charge in [0.25, 0.3) is 0 Å². The fourth-order valence-corrected chi connectivity index (χ4v) is 5.59. The van der Waals surface area contributed by atoms with Gasteiger partial charge in [-0.15, -0.1) is 0 Å². The molecule has 0 aromatic heterocycles. The zero-order valence-corrected chi connectivity index (χ0v) is 13.2. The lowest BCUT2D eigenvalue weighted by atomic mass is 10.1. The van der Waals surface area contributed by atoms with Crippen LogP contribution in [0.5, 0.6) is 0 Å². The second-order valence-electron chi connectivity index (χ2n) is 4.85. The summed E-state index contributed by atoms with van der Waals surface area (Å²) in [5.41, 5.74) is 6.16. The van der Waals surface area contributed by atoms with Gasteiger partial charge in [-0.05, 0) is 12.8 Å². The first-order valence-electron chi connectivity index (χ1n) is 6.00. The molecule has 0 bridgehead atoms. The minimum Gasteiger partial charge on any atom is -0.327 e. The van der Waals surface area contributed by atoms with E-state index in [9.17, 15) is 8.42 Å². The van der Waals surface area contributed by atoms with Crippen LogP contribution in [0.4, 0.5) is 0 Å². The molecule has 17 heavy (non-hydrogen) atoms. The lowest BCUT2D eigenvalue weighted by molar-refractivity contribution is 0.576. The fraction of sp³-hybridized carbons (Fsp3) is 1.00. The first-order chi connectivity index (χ1) is 7.79. The lowest BCUT2D eigenvalue weighted by Crippen LogP contribution is -2.40. The topological polar surface area (TPSA) is 60.2 Å². The van der Waals surface area contributed by atoms with Crippen molar-refractivity contribution < 1.29 is 8.42 Å². The van der Waals surface area contributed by atoms with Crippen LogP contribution in [0.1, 0.15) is 26.7 Å². The first-order valence-corrected chi connectivity index (χ1v) is 10.0. The largest absolute Gasteiger partial charge is 0.327 e. The Bertz CT molecular complexity index is 332. The number of hydrogen-bond donors (Lipinski definition) is 1. The van der Waals surface area contributed by atoms with E-state index in [-0.39, 0.29) is 11.8 Å². The monoisotopic (exact) mass is 297 g/mol. The van der Waals surface area contributed by atoms with E-state index in [1.165, 1.54) is 6.26 Å². The molecule has 0 saturated carbocycles. The maximum Gasteiger partial charge on any atom is 0.147 e. The average Bonchev–Trinajstić information content (AvgIpc) is 2.20. The fourth-order valence-electron chi connectivity index (χ4n) is 1.80. The highest BCUT2D eigenvalue weighted by Gasteiger charge is 2.29. The van der Waals surface area contributed by atoms with E-state index in [1.54, 1.807) is 0 Å². The maximum absolute atomic E-state index is 11.0. The molecular weight excluding hydrogens is 274 g/mol.